The number of likely N-dealkylation sites (tertiary alicyclic amines) is 1. The van der Waals surface area contributed by atoms with E-state index in [0.717, 1.165) is 30.7 Å². The quantitative estimate of drug-likeness (QED) is 0.933. The zero-order valence-electron chi connectivity index (χ0n) is 12.4. The van der Waals surface area contributed by atoms with E-state index in [1.54, 1.807) is 0 Å². The molecule has 1 saturated heterocycles. The molecule has 0 bridgehead atoms. The third-order valence-corrected chi connectivity index (χ3v) is 4.48. The Morgan fingerprint density at radius 1 is 1.35 bits per heavy atom. The highest BCUT2D eigenvalue weighted by atomic mass is 16.1. The summed E-state index contributed by atoms with van der Waals surface area (Å²) in [6.45, 7) is 7.31. The number of likely N-dealkylation sites (N-methyl/N-ethyl adjacent to an activating group) is 1. The van der Waals surface area contributed by atoms with Crippen LogP contribution < -0.4 is 5.69 Å². The summed E-state index contributed by atoms with van der Waals surface area (Å²) in [5.74, 6) is 0. The Morgan fingerprint density at radius 2 is 2.20 bits per heavy atom. The molecule has 0 aliphatic carbocycles. The molecule has 2 aromatic rings. The van der Waals surface area contributed by atoms with E-state index in [1.165, 1.54) is 24.8 Å². The molecule has 3 rings (SSSR count). The maximum Gasteiger partial charge on any atom is 0.326 e. The van der Waals surface area contributed by atoms with Gasteiger partial charge in [0.15, 0.2) is 0 Å². The van der Waals surface area contributed by atoms with E-state index in [1.807, 2.05) is 16.7 Å². The Kier molecular flexibility index (Phi) is 3.66. The highest BCUT2D eigenvalue weighted by molar-refractivity contribution is 5.75. The van der Waals surface area contributed by atoms with Crippen LogP contribution in [0.25, 0.3) is 11.0 Å². The van der Waals surface area contributed by atoms with Crippen molar-refractivity contribution in [3.05, 3.63) is 34.2 Å². The Balaban J connectivity index is 1.95. The van der Waals surface area contributed by atoms with Crippen LogP contribution in [0.5, 0.6) is 0 Å². The van der Waals surface area contributed by atoms with E-state index in [4.69, 9.17) is 0 Å². The monoisotopic (exact) mass is 273 g/mol. The van der Waals surface area contributed by atoms with E-state index in [-0.39, 0.29) is 5.69 Å². The molecule has 1 fully saturated rings. The highest BCUT2D eigenvalue weighted by Crippen LogP contribution is 2.20. The molecule has 1 aromatic carbocycles. The van der Waals surface area contributed by atoms with Gasteiger partial charge in [0.1, 0.15) is 0 Å². The van der Waals surface area contributed by atoms with Crippen LogP contribution in [0, 0.1) is 6.92 Å². The van der Waals surface area contributed by atoms with Crippen LogP contribution in [0.2, 0.25) is 0 Å². The first kappa shape index (κ1) is 13.4. The molecule has 0 radical (unpaired) electrons. The first-order valence-electron chi connectivity index (χ1n) is 7.62. The summed E-state index contributed by atoms with van der Waals surface area (Å²) in [5, 5.41) is 0. The topological polar surface area (TPSA) is 41.0 Å². The first-order valence-corrected chi connectivity index (χ1v) is 7.62. The fourth-order valence-electron chi connectivity index (χ4n) is 3.34. The maximum absolute atomic E-state index is 12.2. The lowest BCUT2D eigenvalue weighted by molar-refractivity contribution is 0.140. The van der Waals surface area contributed by atoms with Crippen molar-refractivity contribution in [2.24, 2.45) is 0 Å². The second-order valence-corrected chi connectivity index (χ2v) is 5.84. The van der Waals surface area contributed by atoms with Gasteiger partial charge in [-0.2, -0.15) is 0 Å². The predicted octanol–water partition coefficient (Wildman–Crippen LogP) is 2.51. The third-order valence-electron chi connectivity index (χ3n) is 4.48. The first-order chi connectivity index (χ1) is 9.69. The molecule has 1 aliphatic heterocycles. The third kappa shape index (κ3) is 2.40. The molecule has 1 unspecified atom stereocenters. The number of nitrogens with one attached hydrogen (secondary N) is 1. The molecule has 1 N–H and O–H groups in total. The Labute approximate surface area is 119 Å². The van der Waals surface area contributed by atoms with E-state index >= 15 is 0 Å². The number of fused-ring (bicyclic) bond motifs is 1. The number of aryl methyl sites for hydroxylation is 1. The number of hydrogen-bond acceptors (Lipinski definition) is 2. The largest absolute Gasteiger partial charge is 0.326 e. The minimum Gasteiger partial charge on any atom is -0.306 e. The van der Waals surface area contributed by atoms with Crippen molar-refractivity contribution in [3.8, 4) is 0 Å². The van der Waals surface area contributed by atoms with Gasteiger partial charge in [0.05, 0.1) is 11.0 Å². The normalized spacial score (nSPS) is 20.6. The average molecular weight is 273 g/mol. The molecule has 0 saturated carbocycles. The Morgan fingerprint density at radius 3 is 3.00 bits per heavy atom. The lowest BCUT2D eigenvalue weighted by Crippen LogP contribution is -2.43. The predicted molar refractivity (Wildman–Crippen MR) is 82.2 cm³/mol. The fraction of sp³-hybridized carbons (Fsp3) is 0.562. The van der Waals surface area contributed by atoms with Gasteiger partial charge in [0.25, 0.3) is 0 Å². The number of piperidine rings is 1. The number of aromatic amines is 1. The lowest BCUT2D eigenvalue weighted by Gasteiger charge is -2.34. The van der Waals surface area contributed by atoms with Gasteiger partial charge in [-0.3, -0.25) is 9.47 Å². The fourth-order valence-corrected chi connectivity index (χ4v) is 3.34. The highest BCUT2D eigenvalue weighted by Gasteiger charge is 2.22. The summed E-state index contributed by atoms with van der Waals surface area (Å²) in [7, 11) is 0. The number of H-pyrrole nitrogens is 1. The van der Waals surface area contributed by atoms with Crippen molar-refractivity contribution in [2.45, 2.75) is 45.7 Å². The lowest BCUT2D eigenvalue weighted by atomic mass is 10.0. The molecule has 1 aliphatic rings. The van der Waals surface area contributed by atoms with Crippen molar-refractivity contribution in [1.82, 2.24) is 14.5 Å². The van der Waals surface area contributed by atoms with E-state index in [0.29, 0.717) is 6.04 Å². The maximum atomic E-state index is 12.2. The van der Waals surface area contributed by atoms with Crippen molar-refractivity contribution in [1.29, 1.82) is 0 Å². The van der Waals surface area contributed by atoms with Gasteiger partial charge >= 0.3 is 5.69 Å². The Bertz CT molecular complexity index is 655. The van der Waals surface area contributed by atoms with E-state index < -0.39 is 0 Å². The molecule has 4 nitrogen and oxygen atoms in total. The number of hydrogen-bond donors (Lipinski definition) is 1. The number of aromatic nitrogens is 2. The van der Waals surface area contributed by atoms with Crippen molar-refractivity contribution in [3.63, 3.8) is 0 Å². The molecule has 0 amide bonds. The summed E-state index contributed by atoms with van der Waals surface area (Å²) in [6, 6.07) is 6.64. The molecule has 1 atom stereocenters. The average Bonchev–Trinajstić information content (AvgIpc) is 2.76. The molecule has 0 spiro atoms. The van der Waals surface area contributed by atoms with Crippen LogP contribution in [0.4, 0.5) is 0 Å². The zero-order chi connectivity index (χ0) is 14.1. The van der Waals surface area contributed by atoms with E-state index in [2.05, 4.69) is 29.8 Å². The summed E-state index contributed by atoms with van der Waals surface area (Å²) >= 11 is 0. The van der Waals surface area contributed by atoms with Crippen molar-refractivity contribution in [2.75, 3.05) is 13.1 Å². The molecule has 2 heterocycles. The van der Waals surface area contributed by atoms with Gasteiger partial charge in [0, 0.05) is 12.6 Å². The Hall–Kier alpha value is -1.55. The van der Waals surface area contributed by atoms with Crippen LogP contribution in [-0.4, -0.2) is 33.6 Å². The smallest absolute Gasteiger partial charge is 0.306 e. The van der Waals surface area contributed by atoms with Gasteiger partial charge in [0.2, 0.25) is 0 Å². The number of benzene rings is 1. The van der Waals surface area contributed by atoms with Gasteiger partial charge in [-0.1, -0.05) is 19.4 Å². The van der Waals surface area contributed by atoms with Gasteiger partial charge < -0.3 is 4.98 Å². The molecule has 1 aromatic heterocycles. The number of imidazole rings is 1. The number of rotatable bonds is 3. The van der Waals surface area contributed by atoms with Crippen LogP contribution in [0.1, 0.15) is 31.7 Å². The summed E-state index contributed by atoms with van der Waals surface area (Å²) < 4.78 is 1.92. The molecular formula is C16H23N3O. The van der Waals surface area contributed by atoms with Crippen molar-refractivity contribution >= 4 is 11.0 Å². The second-order valence-electron chi connectivity index (χ2n) is 5.84. The van der Waals surface area contributed by atoms with Crippen molar-refractivity contribution < 1.29 is 0 Å². The van der Waals surface area contributed by atoms with Crippen LogP contribution in [-0.2, 0) is 6.54 Å². The van der Waals surface area contributed by atoms with E-state index in [9.17, 15) is 4.79 Å². The number of nitrogens with zero attached hydrogens (tertiary/aromatic N) is 2. The summed E-state index contributed by atoms with van der Waals surface area (Å²) in [5.41, 5.74) is 3.20. The van der Waals surface area contributed by atoms with Crippen LogP contribution >= 0.6 is 0 Å². The van der Waals surface area contributed by atoms with Gasteiger partial charge in [-0.05, 0) is 50.6 Å². The van der Waals surface area contributed by atoms with Gasteiger partial charge in [-0.15, -0.1) is 0 Å². The van der Waals surface area contributed by atoms with Gasteiger partial charge in [-0.25, -0.2) is 4.79 Å². The molecular weight excluding hydrogens is 250 g/mol. The molecule has 108 valence electrons. The molecule has 4 heteroatoms. The zero-order valence-corrected chi connectivity index (χ0v) is 12.4. The second kappa shape index (κ2) is 5.44. The minimum atomic E-state index is 0.0206. The minimum absolute atomic E-state index is 0.0206. The standard InChI is InChI=1S/C16H23N3O/c1-3-18-9-5-4-6-13(18)11-19-15-10-12(2)7-8-14(15)17-16(19)20/h7-8,10,13H,3-6,9,11H2,1-2H3,(H,17,20). The SMILES string of the molecule is CCN1CCCCC1Cn1c(=O)[nH]c2ccc(C)cc21. The molecule has 20 heavy (non-hydrogen) atoms. The summed E-state index contributed by atoms with van der Waals surface area (Å²) in [6.07, 6.45) is 3.75. The van der Waals surface area contributed by atoms with Crippen LogP contribution in [0.3, 0.4) is 0 Å². The summed E-state index contributed by atoms with van der Waals surface area (Å²) in [4.78, 5) is 17.7. The van der Waals surface area contributed by atoms with Crippen LogP contribution in [0.15, 0.2) is 23.0 Å².